The van der Waals surface area contributed by atoms with Crippen molar-refractivity contribution in [2.45, 2.75) is 44.9 Å². The molecule has 1 aliphatic heterocycles. The number of carbonyl (C=O) groups excluding carboxylic acids is 1. The van der Waals surface area contributed by atoms with Crippen LogP contribution >= 0.6 is 0 Å². The molecule has 6 nitrogen and oxygen atoms in total. The average Bonchev–Trinajstić information content (AvgIpc) is 2.98. The number of primary amides is 1. The van der Waals surface area contributed by atoms with E-state index < -0.39 is 6.04 Å². The zero-order chi connectivity index (χ0) is 13.8. The maximum absolute atomic E-state index is 11.6. The quantitative estimate of drug-likeness (QED) is 0.796. The van der Waals surface area contributed by atoms with E-state index in [1.807, 2.05) is 24.7 Å². The lowest BCUT2D eigenvalue weighted by Crippen LogP contribution is -2.37. The number of carbonyl (C=O) groups is 1. The lowest BCUT2D eigenvalue weighted by Gasteiger charge is -2.17. The molecule has 0 bridgehead atoms. The van der Waals surface area contributed by atoms with Crippen LogP contribution in [0.25, 0.3) is 0 Å². The number of aromatic nitrogens is 2. The fourth-order valence-corrected chi connectivity index (χ4v) is 2.22. The number of hydrogen-bond donors (Lipinski definition) is 2. The van der Waals surface area contributed by atoms with Gasteiger partial charge in [0.05, 0.1) is 12.3 Å². The van der Waals surface area contributed by atoms with Gasteiger partial charge < -0.3 is 10.5 Å². The van der Waals surface area contributed by atoms with Gasteiger partial charge in [-0.1, -0.05) is 0 Å². The van der Waals surface area contributed by atoms with Gasteiger partial charge in [-0.3, -0.25) is 14.8 Å². The molecule has 19 heavy (non-hydrogen) atoms. The van der Waals surface area contributed by atoms with Gasteiger partial charge in [0.1, 0.15) is 6.04 Å². The smallest absolute Gasteiger partial charge is 0.239 e. The van der Waals surface area contributed by atoms with Gasteiger partial charge in [-0.05, 0) is 26.7 Å². The summed E-state index contributed by atoms with van der Waals surface area (Å²) in [6, 6.07) is -0.239. The minimum atomic E-state index is -0.503. The highest BCUT2D eigenvalue weighted by atomic mass is 16.5. The molecule has 2 unspecified atom stereocenters. The Hall–Kier alpha value is -1.40. The van der Waals surface area contributed by atoms with Gasteiger partial charge in [0.25, 0.3) is 0 Å². The van der Waals surface area contributed by atoms with Gasteiger partial charge in [-0.2, -0.15) is 5.10 Å². The molecule has 106 valence electrons. The lowest BCUT2D eigenvalue weighted by atomic mass is 10.1. The number of amides is 1. The van der Waals surface area contributed by atoms with E-state index in [9.17, 15) is 4.79 Å². The molecule has 0 saturated carbocycles. The monoisotopic (exact) mass is 266 g/mol. The highest BCUT2D eigenvalue weighted by Crippen LogP contribution is 2.16. The van der Waals surface area contributed by atoms with Gasteiger partial charge in [-0.25, -0.2) is 0 Å². The Morgan fingerprint density at radius 2 is 2.47 bits per heavy atom. The normalized spacial score (nSPS) is 20.9. The number of nitrogens with zero attached hydrogens (tertiary/aromatic N) is 2. The average molecular weight is 266 g/mol. The summed E-state index contributed by atoms with van der Waals surface area (Å²) in [4.78, 5) is 11.6. The predicted molar refractivity (Wildman–Crippen MR) is 71.5 cm³/mol. The van der Waals surface area contributed by atoms with Gasteiger partial charge >= 0.3 is 0 Å². The molecule has 0 aromatic carbocycles. The van der Waals surface area contributed by atoms with Crippen LogP contribution in [0, 0.1) is 0 Å². The van der Waals surface area contributed by atoms with Crippen molar-refractivity contribution in [1.82, 2.24) is 15.1 Å². The van der Waals surface area contributed by atoms with Crippen molar-refractivity contribution in [2.75, 3.05) is 13.2 Å². The molecule has 6 heteroatoms. The van der Waals surface area contributed by atoms with Crippen molar-refractivity contribution >= 4 is 5.91 Å². The third kappa shape index (κ3) is 3.54. The summed E-state index contributed by atoms with van der Waals surface area (Å²) in [5.41, 5.74) is 6.26. The zero-order valence-corrected chi connectivity index (χ0v) is 11.5. The number of rotatable bonds is 6. The third-order valence-corrected chi connectivity index (χ3v) is 3.34. The topological polar surface area (TPSA) is 82.2 Å². The Morgan fingerprint density at radius 3 is 3.00 bits per heavy atom. The molecule has 1 amide bonds. The minimum absolute atomic E-state index is 0.182. The first-order chi connectivity index (χ1) is 9.08. The molecule has 1 aliphatic rings. The Morgan fingerprint density at radius 1 is 1.68 bits per heavy atom. The van der Waals surface area contributed by atoms with Crippen molar-refractivity contribution in [3.8, 4) is 0 Å². The van der Waals surface area contributed by atoms with Crippen LogP contribution in [0.5, 0.6) is 0 Å². The molecule has 1 fully saturated rings. The first-order valence-corrected chi connectivity index (χ1v) is 6.76. The van der Waals surface area contributed by atoms with Gasteiger partial charge in [-0.15, -0.1) is 0 Å². The molecule has 3 N–H and O–H groups in total. The molecule has 1 aromatic heterocycles. The zero-order valence-electron chi connectivity index (χ0n) is 11.5. The van der Waals surface area contributed by atoms with Gasteiger partial charge in [0, 0.05) is 31.0 Å². The Kier molecular flexibility index (Phi) is 4.55. The number of hydrogen-bond acceptors (Lipinski definition) is 4. The minimum Gasteiger partial charge on any atom is -0.377 e. The maximum Gasteiger partial charge on any atom is 0.239 e. The Bertz CT molecular complexity index is 424. The fraction of sp³-hybridized carbons (Fsp3) is 0.692. The first kappa shape index (κ1) is 14.0. The van der Waals surface area contributed by atoms with Gasteiger partial charge in [0.2, 0.25) is 5.91 Å². The van der Waals surface area contributed by atoms with E-state index in [1.165, 1.54) is 0 Å². The highest BCUT2D eigenvalue weighted by Gasteiger charge is 2.22. The van der Waals surface area contributed by atoms with Crippen LogP contribution in [-0.2, 0) is 9.53 Å². The molecule has 2 rings (SSSR count). The van der Waals surface area contributed by atoms with E-state index in [-0.39, 0.29) is 18.1 Å². The Labute approximate surface area is 113 Å². The Balaban J connectivity index is 1.99. The molecular formula is C13H22N4O2. The van der Waals surface area contributed by atoms with Crippen LogP contribution in [0.4, 0.5) is 0 Å². The maximum atomic E-state index is 11.6. The summed E-state index contributed by atoms with van der Waals surface area (Å²) in [5.74, 6) is -0.388. The van der Waals surface area contributed by atoms with E-state index in [2.05, 4.69) is 10.4 Å². The van der Waals surface area contributed by atoms with Crippen molar-refractivity contribution in [3.05, 3.63) is 18.0 Å². The summed E-state index contributed by atoms with van der Waals surface area (Å²) < 4.78 is 7.35. The second kappa shape index (κ2) is 6.16. The van der Waals surface area contributed by atoms with Crippen molar-refractivity contribution in [1.29, 1.82) is 0 Å². The van der Waals surface area contributed by atoms with E-state index in [0.29, 0.717) is 6.54 Å². The standard InChI is InChI=1S/C13H22N4O2/c1-9(2)17-8-10(6-16-17)12(13(14)18)15-7-11-4-3-5-19-11/h6,8-9,11-12,15H,3-5,7H2,1-2H3,(H2,14,18). The molecular weight excluding hydrogens is 244 g/mol. The van der Waals surface area contributed by atoms with E-state index >= 15 is 0 Å². The number of nitrogens with one attached hydrogen (secondary N) is 1. The summed E-state index contributed by atoms with van der Waals surface area (Å²) in [6.07, 6.45) is 5.85. The van der Waals surface area contributed by atoms with Crippen molar-refractivity contribution in [3.63, 3.8) is 0 Å². The van der Waals surface area contributed by atoms with Crippen molar-refractivity contribution in [2.24, 2.45) is 5.73 Å². The summed E-state index contributed by atoms with van der Waals surface area (Å²) in [6.45, 7) is 5.52. The fourth-order valence-electron chi connectivity index (χ4n) is 2.22. The SMILES string of the molecule is CC(C)n1cc(C(NCC2CCCO2)C(N)=O)cn1. The number of nitrogens with two attached hydrogens (primary N) is 1. The van der Waals surface area contributed by atoms with E-state index in [4.69, 9.17) is 10.5 Å². The van der Waals surface area contributed by atoms with Crippen LogP contribution in [0.3, 0.4) is 0 Å². The molecule has 0 spiro atoms. The third-order valence-electron chi connectivity index (χ3n) is 3.34. The largest absolute Gasteiger partial charge is 0.377 e. The van der Waals surface area contributed by atoms with Crippen LogP contribution in [-0.4, -0.2) is 34.9 Å². The lowest BCUT2D eigenvalue weighted by molar-refractivity contribution is -0.120. The van der Waals surface area contributed by atoms with Crippen LogP contribution in [0.1, 0.15) is 44.3 Å². The molecule has 1 saturated heterocycles. The van der Waals surface area contributed by atoms with Gasteiger partial charge in [0.15, 0.2) is 0 Å². The molecule has 1 aromatic rings. The summed E-state index contributed by atoms with van der Waals surface area (Å²) >= 11 is 0. The molecule has 2 atom stereocenters. The second-order valence-corrected chi connectivity index (χ2v) is 5.23. The molecule has 2 heterocycles. The molecule has 0 radical (unpaired) electrons. The summed E-state index contributed by atoms with van der Waals surface area (Å²) in [7, 11) is 0. The predicted octanol–water partition coefficient (Wildman–Crippen LogP) is 0.759. The van der Waals surface area contributed by atoms with Crippen LogP contribution in [0.2, 0.25) is 0 Å². The van der Waals surface area contributed by atoms with Crippen molar-refractivity contribution < 1.29 is 9.53 Å². The highest BCUT2D eigenvalue weighted by molar-refractivity contribution is 5.81. The van der Waals surface area contributed by atoms with Crippen LogP contribution in [0.15, 0.2) is 12.4 Å². The van der Waals surface area contributed by atoms with E-state index in [1.54, 1.807) is 6.20 Å². The molecule has 0 aliphatic carbocycles. The summed E-state index contributed by atoms with van der Waals surface area (Å²) in [5, 5.41) is 7.41. The second-order valence-electron chi connectivity index (χ2n) is 5.23. The number of ether oxygens (including phenoxy) is 1. The first-order valence-electron chi connectivity index (χ1n) is 6.76. The van der Waals surface area contributed by atoms with E-state index in [0.717, 1.165) is 25.0 Å². The van der Waals surface area contributed by atoms with Crippen LogP contribution < -0.4 is 11.1 Å².